The lowest BCUT2D eigenvalue weighted by Gasteiger charge is -2.34. The van der Waals surface area contributed by atoms with Crippen LogP contribution in [0.15, 0.2) is 18.2 Å². The minimum absolute atomic E-state index is 0.0550. The molecule has 2 aliphatic rings. The predicted octanol–water partition coefficient (Wildman–Crippen LogP) is 2.78. The number of anilines is 1. The third-order valence-electron chi connectivity index (χ3n) is 4.37. The van der Waals surface area contributed by atoms with Gasteiger partial charge in [0.1, 0.15) is 0 Å². The van der Waals surface area contributed by atoms with E-state index in [9.17, 15) is 9.59 Å². The molecule has 1 aromatic rings. The van der Waals surface area contributed by atoms with Crippen LogP contribution in [0.5, 0.6) is 0 Å². The number of aryl methyl sites for hydroxylation is 1. The van der Waals surface area contributed by atoms with Gasteiger partial charge in [-0.2, -0.15) is 11.8 Å². The highest BCUT2D eigenvalue weighted by Gasteiger charge is 2.27. The van der Waals surface area contributed by atoms with Crippen molar-refractivity contribution < 1.29 is 9.59 Å². The van der Waals surface area contributed by atoms with Crippen LogP contribution in [-0.4, -0.2) is 40.8 Å². The van der Waals surface area contributed by atoms with Crippen LogP contribution in [0, 0.1) is 5.92 Å². The fourth-order valence-corrected chi connectivity index (χ4v) is 4.26. The molecule has 1 unspecified atom stereocenters. The van der Waals surface area contributed by atoms with Crippen molar-refractivity contribution in [1.82, 2.24) is 4.90 Å². The summed E-state index contributed by atoms with van der Waals surface area (Å²) >= 11 is 1.97. The highest BCUT2D eigenvalue weighted by molar-refractivity contribution is 8.00. The number of thioether (sulfide) groups is 1. The molecule has 22 heavy (non-hydrogen) atoms. The van der Waals surface area contributed by atoms with Crippen molar-refractivity contribution in [2.45, 2.75) is 31.9 Å². The summed E-state index contributed by atoms with van der Waals surface area (Å²) in [4.78, 5) is 26.1. The minimum Gasteiger partial charge on any atom is -0.337 e. The number of nitrogens with one attached hydrogen (secondary N) is 1. The van der Waals surface area contributed by atoms with E-state index in [4.69, 9.17) is 0 Å². The Hall–Kier alpha value is -1.49. The molecule has 0 bridgehead atoms. The van der Waals surface area contributed by atoms with Gasteiger partial charge >= 0.3 is 0 Å². The smallest absolute Gasteiger partial charge is 0.253 e. The minimum atomic E-state index is 0.0550. The molecule has 4 nitrogen and oxygen atoms in total. The molecule has 1 fully saturated rings. The number of rotatable bonds is 2. The fraction of sp³-hybridized carbons (Fsp3) is 0.529. The Morgan fingerprint density at radius 1 is 1.36 bits per heavy atom. The van der Waals surface area contributed by atoms with Gasteiger partial charge in [0.2, 0.25) is 5.91 Å². The Morgan fingerprint density at radius 3 is 2.95 bits per heavy atom. The average Bonchev–Trinajstić information content (AvgIpc) is 2.53. The van der Waals surface area contributed by atoms with Gasteiger partial charge in [0.25, 0.3) is 5.91 Å². The molecule has 0 aromatic heterocycles. The number of hydrogen-bond acceptors (Lipinski definition) is 3. The Balaban J connectivity index is 1.76. The molecule has 1 saturated heterocycles. The van der Waals surface area contributed by atoms with Crippen molar-refractivity contribution in [3.05, 3.63) is 29.3 Å². The van der Waals surface area contributed by atoms with Crippen LogP contribution in [0.2, 0.25) is 0 Å². The van der Waals surface area contributed by atoms with E-state index >= 15 is 0 Å². The van der Waals surface area contributed by atoms with Crippen LogP contribution in [0.1, 0.15) is 36.2 Å². The predicted molar refractivity (Wildman–Crippen MR) is 90.4 cm³/mol. The zero-order valence-corrected chi connectivity index (χ0v) is 13.9. The van der Waals surface area contributed by atoms with Gasteiger partial charge < -0.3 is 10.2 Å². The van der Waals surface area contributed by atoms with E-state index in [0.717, 1.165) is 35.7 Å². The first-order chi connectivity index (χ1) is 10.5. The van der Waals surface area contributed by atoms with Crippen molar-refractivity contribution in [3.8, 4) is 0 Å². The molecule has 0 spiro atoms. The lowest BCUT2D eigenvalue weighted by atomic mass is 9.99. The summed E-state index contributed by atoms with van der Waals surface area (Å²) in [6.45, 7) is 6.08. The van der Waals surface area contributed by atoms with Crippen LogP contribution in [0.4, 0.5) is 5.69 Å². The molecular weight excluding hydrogens is 296 g/mol. The molecule has 1 aromatic carbocycles. The zero-order valence-electron chi connectivity index (χ0n) is 13.1. The van der Waals surface area contributed by atoms with Gasteiger partial charge in [0, 0.05) is 41.8 Å². The molecule has 2 amide bonds. The largest absolute Gasteiger partial charge is 0.337 e. The maximum Gasteiger partial charge on any atom is 0.253 e. The molecule has 3 rings (SSSR count). The normalized spacial score (nSPS) is 21.5. The standard InChI is InChI=1S/C17H22N2O2S/c1-11(2)15-10-19(7-8-22-15)17(21)13-3-5-14-12(9-13)4-6-16(20)18-14/h3,5,9,11,15H,4,6-8,10H2,1-2H3,(H,18,20). The Bertz CT molecular complexity index is 600. The van der Waals surface area contributed by atoms with Crippen LogP contribution in [0.3, 0.4) is 0 Å². The summed E-state index contributed by atoms with van der Waals surface area (Å²) in [5.74, 6) is 1.76. The average molecular weight is 318 g/mol. The third-order valence-corrected chi connectivity index (χ3v) is 5.91. The van der Waals surface area contributed by atoms with Crippen LogP contribution in [0.25, 0.3) is 0 Å². The van der Waals surface area contributed by atoms with Crippen molar-refractivity contribution in [2.75, 3.05) is 24.2 Å². The van der Waals surface area contributed by atoms with Crippen LogP contribution < -0.4 is 5.32 Å². The van der Waals surface area contributed by atoms with Crippen molar-refractivity contribution in [1.29, 1.82) is 0 Å². The van der Waals surface area contributed by atoms with Crippen molar-refractivity contribution >= 4 is 29.3 Å². The number of amides is 2. The van der Waals surface area contributed by atoms with Crippen LogP contribution in [-0.2, 0) is 11.2 Å². The molecule has 1 N–H and O–H groups in total. The maximum atomic E-state index is 12.7. The summed E-state index contributed by atoms with van der Waals surface area (Å²) in [6.07, 6.45) is 1.22. The monoisotopic (exact) mass is 318 g/mol. The number of carbonyl (C=O) groups excluding carboxylic acids is 2. The van der Waals surface area contributed by atoms with E-state index in [0.29, 0.717) is 24.0 Å². The summed E-state index contributed by atoms with van der Waals surface area (Å²) in [7, 11) is 0. The number of benzene rings is 1. The summed E-state index contributed by atoms with van der Waals surface area (Å²) < 4.78 is 0. The first-order valence-corrected chi connectivity index (χ1v) is 8.93. The number of hydrogen-bond donors (Lipinski definition) is 1. The maximum absolute atomic E-state index is 12.7. The second-order valence-corrected chi connectivity index (χ2v) is 7.67. The molecule has 0 aliphatic carbocycles. The first-order valence-electron chi connectivity index (χ1n) is 7.88. The Labute approximate surface area is 135 Å². The zero-order chi connectivity index (χ0) is 15.7. The molecular formula is C17H22N2O2S. The van der Waals surface area contributed by atoms with Crippen molar-refractivity contribution in [3.63, 3.8) is 0 Å². The summed E-state index contributed by atoms with van der Waals surface area (Å²) in [6, 6.07) is 5.64. The molecule has 2 aliphatic heterocycles. The van der Waals surface area contributed by atoms with Gasteiger partial charge in [0.15, 0.2) is 0 Å². The van der Waals surface area contributed by atoms with Gasteiger partial charge in [-0.05, 0) is 36.1 Å². The topological polar surface area (TPSA) is 49.4 Å². The van der Waals surface area contributed by atoms with E-state index in [1.165, 1.54) is 0 Å². The second kappa shape index (κ2) is 6.32. The van der Waals surface area contributed by atoms with Gasteiger partial charge in [0.05, 0.1) is 0 Å². The lowest BCUT2D eigenvalue weighted by Crippen LogP contribution is -2.43. The summed E-state index contributed by atoms with van der Waals surface area (Å²) in [5, 5.41) is 3.38. The molecule has 0 radical (unpaired) electrons. The highest BCUT2D eigenvalue weighted by atomic mass is 32.2. The lowest BCUT2D eigenvalue weighted by molar-refractivity contribution is -0.116. The Morgan fingerprint density at radius 2 is 2.18 bits per heavy atom. The third kappa shape index (κ3) is 3.14. The van der Waals surface area contributed by atoms with E-state index in [-0.39, 0.29) is 11.8 Å². The highest BCUT2D eigenvalue weighted by Crippen LogP contribution is 2.28. The molecule has 2 heterocycles. The quantitative estimate of drug-likeness (QED) is 0.912. The number of carbonyl (C=O) groups is 2. The number of nitrogens with zero attached hydrogens (tertiary/aromatic N) is 1. The van der Waals surface area contributed by atoms with Gasteiger partial charge in [-0.3, -0.25) is 9.59 Å². The van der Waals surface area contributed by atoms with E-state index in [1.54, 1.807) is 0 Å². The SMILES string of the molecule is CC(C)C1CN(C(=O)c2ccc3c(c2)CCC(=O)N3)CCS1. The van der Waals surface area contributed by atoms with Gasteiger partial charge in [-0.15, -0.1) is 0 Å². The van der Waals surface area contributed by atoms with E-state index in [2.05, 4.69) is 19.2 Å². The van der Waals surface area contributed by atoms with E-state index in [1.807, 2.05) is 34.9 Å². The molecule has 118 valence electrons. The molecule has 0 saturated carbocycles. The Kier molecular flexibility index (Phi) is 4.43. The van der Waals surface area contributed by atoms with E-state index < -0.39 is 0 Å². The number of fused-ring (bicyclic) bond motifs is 1. The molecule has 5 heteroatoms. The van der Waals surface area contributed by atoms with Crippen molar-refractivity contribution in [2.24, 2.45) is 5.92 Å². The van der Waals surface area contributed by atoms with Crippen LogP contribution >= 0.6 is 11.8 Å². The second-order valence-electron chi connectivity index (χ2n) is 6.32. The first kappa shape index (κ1) is 15.4. The van der Waals surface area contributed by atoms with Gasteiger partial charge in [-0.25, -0.2) is 0 Å². The van der Waals surface area contributed by atoms with Gasteiger partial charge in [-0.1, -0.05) is 13.8 Å². The molecule has 1 atom stereocenters. The summed E-state index contributed by atoms with van der Waals surface area (Å²) in [5.41, 5.74) is 2.66. The fourth-order valence-electron chi connectivity index (χ4n) is 2.96.